The first-order valence-corrected chi connectivity index (χ1v) is 8.53. The highest BCUT2D eigenvalue weighted by molar-refractivity contribution is 7.18. The third-order valence-electron chi connectivity index (χ3n) is 4.04. The molecule has 1 N–H and O–H groups in total. The van der Waals surface area contributed by atoms with Gasteiger partial charge in [-0.2, -0.15) is 0 Å². The maximum Gasteiger partial charge on any atom is 0.247 e. The van der Waals surface area contributed by atoms with Crippen LogP contribution in [0, 0.1) is 6.92 Å². The average molecular weight is 336 g/mol. The molecule has 1 atom stereocenters. The van der Waals surface area contributed by atoms with Gasteiger partial charge in [0.05, 0.1) is 32.6 Å². The van der Waals surface area contributed by atoms with Gasteiger partial charge in [-0.25, -0.2) is 9.97 Å². The Morgan fingerprint density at radius 3 is 2.92 bits per heavy atom. The molecule has 24 heavy (non-hydrogen) atoms. The third-order valence-corrected chi connectivity index (χ3v) is 4.97. The van der Waals surface area contributed by atoms with Crippen LogP contribution in [-0.2, 0) is 4.79 Å². The van der Waals surface area contributed by atoms with Gasteiger partial charge >= 0.3 is 0 Å². The standard InChI is InChI=1S/C18H16N4OS/c1-11(22-10-19-14-5-3-4-6-16(14)22)18(23)21-13-7-8-15-17(9-13)24-12(2)20-15/h3-11H,1-2H3,(H,21,23)/t11-/m0/s1. The molecule has 5 nitrogen and oxygen atoms in total. The zero-order chi connectivity index (χ0) is 16.7. The predicted molar refractivity (Wildman–Crippen MR) is 97.4 cm³/mol. The number of aryl methyl sites for hydroxylation is 1. The Morgan fingerprint density at radius 1 is 1.21 bits per heavy atom. The van der Waals surface area contributed by atoms with Crippen molar-refractivity contribution in [3.05, 3.63) is 53.8 Å². The fraction of sp³-hybridized carbons (Fsp3) is 0.167. The van der Waals surface area contributed by atoms with Gasteiger partial charge in [0.25, 0.3) is 0 Å². The Hall–Kier alpha value is -2.73. The molecule has 0 radical (unpaired) electrons. The number of fused-ring (bicyclic) bond motifs is 2. The fourth-order valence-corrected chi connectivity index (χ4v) is 3.64. The number of imidazole rings is 1. The summed E-state index contributed by atoms with van der Waals surface area (Å²) in [6, 6.07) is 13.2. The molecule has 0 aliphatic heterocycles. The highest BCUT2D eigenvalue weighted by Crippen LogP contribution is 2.25. The lowest BCUT2D eigenvalue weighted by atomic mass is 10.2. The number of para-hydroxylation sites is 2. The number of nitrogens with zero attached hydrogens (tertiary/aromatic N) is 3. The van der Waals surface area contributed by atoms with Gasteiger partial charge in [0.2, 0.25) is 5.91 Å². The number of rotatable bonds is 3. The highest BCUT2D eigenvalue weighted by Gasteiger charge is 2.17. The fourth-order valence-electron chi connectivity index (χ4n) is 2.78. The molecule has 6 heteroatoms. The number of carbonyl (C=O) groups excluding carboxylic acids is 1. The van der Waals surface area contributed by atoms with Crippen molar-refractivity contribution in [2.75, 3.05) is 5.32 Å². The normalized spacial score (nSPS) is 12.6. The highest BCUT2D eigenvalue weighted by atomic mass is 32.1. The number of thiazole rings is 1. The molecular weight excluding hydrogens is 320 g/mol. The van der Waals surface area contributed by atoms with Gasteiger partial charge in [-0.15, -0.1) is 11.3 Å². The molecule has 0 saturated carbocycles. The van der Waals surface area contributed by atoms with Crippen molar-refractivity contribution in [3.63, 3.8) is 0 Å². The first-order chi connectivity index (χ1) is 11.6. The van der Waals surface area contributed by atoms with Crippen LogP contribution in [0.1, 0.15) is 18.0 Å². The third kappa shape index (κ3) is 2.55. The van der Waals surface area contributed by atoms with Crippen LogP contribution in [-0.4, -0.2) is 20.4 Å². The van der Waals surface area contributed by atoms with Crippen LogP contribution in [0.2, 0.25) is 0 Å². The Balaban J connectivity index is 1.60. The number of amides is 1. The van der Waals surface area contributed by atoms with E-state index in [2.05, 4.69) is 15.3 Å². The van der Waals surface area contributed by atoms with Gasteiger partial charge in [0.1, 0.15) is 6.04 Å². The second-order valence-corrected chi connectivity index (χ2v) is 6.96. The van der Waals surface area contributed by atoms with E-state index in [1.54, 1.807) is 17.7 Å². The van der Waals surface area contributed by atoms with Crippen molar-refractivity contribution in [2.45, 2.75) is 19.9 Å². The Bertz CT molecular complexity index is 1050. The summed E-state index contributed by atoms with van der Waals surface area (Å²) in [5.74, 6) is -0.0706. The average Bonchev–Trinajstić information content (AvgIpc) is 3.16. The van der Waals surface area contributed by atoms with Crippen molar-refractivity contribution >= 4 is 44.2 Å². The van der Waals surface area contributed by atoms with Crippen molar-refractivity contribution < 1.29 is 4.79 Å². The minimum atomic E-state index is -0.351. The van der Waals surface area contributed by atoms with Gasteiger partial charge in [-0.05, 0) is 44.2 Å². The molecule has 0 spiro atoms. The lowest BCUT2D eigenvalue weighted by Crippen LogP contribution is -2.23. The minimum absolute atomic E-state index is 0.0706. The summed E-state index contributed by atoms with van der Waals surface area (Å²) in [7, 11) is 0. The summed E-state index contributed by atoms with van der Waals surface area (Å²) >= 11 is 1.62. The van der Waals surface area contributed by atoms with E-state index in [0.29, 0.717) is 0 Å². The number of aromatic nitrogens is 3. The Kier molecular flexibility index (Phi) is 3.54. The van der Waals surface area contributed by atoms with Crippen molar-refractivity contribution in [1.82, 2.24) is 14.5 Å². The number of nitrogens with one attached hydrogen (secondary N) is 1. The molecule has 0 fully saturated rings. The second kappa shape index (κ2) is 5.72. The predicted octanol–water partition coefficient (Wildman–Crippen LogP) is 4.15. The molecule has 4 rings (SSSR count). The SMILES string of the molecule is Cc1nc2ccc(NC(=O)[C@H](C)n3cnc4ccccc43)cc2s1. The van der Waals surface area contributed by atoms with Crippen LogP contribution >= 0.6 is 11.3 Å². The van der Waals surface area contributed by atoms with Crippen molar-refractivity contribution in [2.24, 2.45) is 0 Å². The molecule has 0 unspecified atom stereocenters. The molecular formula is C18H16N4OS. The first kappa shape index (κ1) is 14.8. The number of hydrogen-bond donors (Lipinski definition) is 1. The van der Waals surface area contributed by atoms with Crippen molar-refractivity contribution in [3.8, 4) is 0 Å². The number of carbonyl (C=O) groups is 1. The summed E-state index contributed by atoms with van der Waals surface area (Å²) in [6.07, 6.45) is 1.71. The molecule has 1 amide bonds. The van der Waals surface area contributed by atoms with Gasteiger partial charge < -0.3 is 9.88 Å². The van der Waals surface area contributed by atoms with E-state index in [9.17, 15) is 4.79 Å². The van der Waals surface area contributed by atoms with Crippen LogP contribution in [0.5, 0.6) is 0 Å². The van der Waals surface area contributed by atoms with E-state index in [1.807, 2.05) is 60.9 Å². The van der Waals surface area contributed by atoms with E-state index < -0.39 is 0 Å². The number of anilines is 1. The lowest BCUT2D eigenvalue weighted by Gasteiger charge is -2.14. The van der Waals surface area contributed by atoms with Crippen LogP contribution in [0.25, 0.3) is 21.3 Å². The largest absolute Gasteiger partial charge is 0.324 e. The van der Waals surface area contributed by atoms with Gasteiger partial charge in [-0.1, -0.05) is 12.1 Å². The van der Waals surface area contributed by atoms with Crippen LogP contribution in [0.3, 0.4) is 0 Å². The summed E-state index contributed by atoms with van der Waals surface area (Å²) in [5, 5.41) is 4.01. The molecule has 4 aromatic rings. The number of benzene rings is 2. The smallest absolute Gasteiger partial charge is 0.247 e. The maximum absolute atomic E-state index is 12.6. The van der Waals surface area contributed by atoms with Crippen LogP contribution in [0.4, 0.5) is 5.69 Å². The first-order valence-electron chi connectivity index (χ1n) is 7.71. The zero-order valence-corrected chi connectivity index (χ0v) is 14.2. The summed E-state index contributed by atoms with van der Waals surface area (Å²) < 4.78 is 2.96. The molecule has 0 aliphatic rings. The molecule has 0 saturated heterocycles. The van der Waals surface area contributed by atoms with E-state index in [-0.39, 0.29) is 11.9 Å². The molecule has 0 bridgehead atoms. The minimum Gasteiger partial charge on any atom is -0.324 e. The number of hydrogen-bond acceptors (Lipinski definition) is 4. The van der Waals surface area contributed by atoms with E-state index in [4.69, 9.17) is 0 Å². The molecule has 120 valence electrons. The Labute approximate surface area is 143 Å². The molecule has 2 heterocycles. The van der Waals surface area contributed by atoms with Crippen LogP contribution in [0.15, 0.2) is 48.8 Å². The summed E-state index contributed by atoms with van der Waals surface area (Å²) in [6.45, 7) is 3.86. The monoisotopic (exact) mass is 336 g/mol. The zero-order valence-electron chi connectivity index (χ0n) is 13.4. The Morgan fingerprint density at radius 2 is 2.04 bits per heavy atom. The van der Waals surface area contributed by atoms with Crippen molar-refractivity contribution in [1.29, 1.82) is 0 Å². The van der Waals surface area contributed by atoms with Crippen LogP contribution < -0.4 is 5.32 Å². The quantitative estimate of drug-likeness (QED) is 0.611. The van der Waals surface area contributed by atoms with E-state index in [0.717, 1.165) is 31.9 Å². The van der Waals surface area contributed by atoms with E-state index >= 15 is 0 Å². The van der Waals surface area contributed by atoms with E-state index in [1.165, 1.54) is 0 Å². The van der Waals surface area contributed by atoms with Gasteiger partial charge in [0, 0.05) is 5.69 Å². The molecule has 2 aromatic carbocycles. The van der Waals surface area contributed by atoms with Gasteiger partial charge in [0.15, 0.2) is 0 Å². The summed E-state index contributed by atoms with van der Waals surface area (Å²) in [5.41, 5.74) is 3.59. The maximum atomic E-state index is 12.6. The topological polar surface area (TPSA) is 59.8 Å². The lowest BCUT2D eigenvalue weighted by molar-refractivity contribution is -0.118. The second-order valence-electron chi connectivity index (χ2n) is 5.72. The summed E-state index contributed by atoms with van der Waals surface area (Å²) in [4.78, 5) is 21.4. The molecule has 2 aromatic heterocycles. The molecule has 0 aliphatic carbocycles. The van der Waals surface area contributed by atoms with Gasteiger partial charge in [-0.3, -0.25) is 4.79 Å².